The van der Waals surface area contributed by atoms with Crippen molar-refractivity contribution in [1.29, 1.82) is 0 Å². The summed E-state index contributed by atoms with van der Waals surface area (Å²) in [5, 5.41) is 0. The molecule has 0 bridgehead atoms. The normalized spacial score (nSPS) is 11.5. The molecule has 0 aromatic heterocycles. The van der Waals surface area contributed by atoms with Crippen LogP contribution in [0.25, 0.3) is 0 Å². The molecule has 108 valence electrons. The summed E-state index contributed by atoms with van der Waals surface area (Å²) in [6, 6.07) is 15.3. The number of hydrogen-bond donors (Lipinski definition) is 0. The summed E-state index contributed by atoms with van der Waals surface area (Å²) in [6.07, 6.45) is -0.497. The number of Topliss-reactive ketones (excluding diaryl/α,β-unsaturated/α-hetero) is 1. The van der Waals surface area contributed by atoms with Crippen LogP contribution in [-0.2, 0) is 4.79 Å². The fourth-order valence-corrected chi connectivity index (χ4v) is 1.61. The average Bonchev–Trinajstić information content (AvgIpc) is 2.50. The molecular formula is C17H16O4. The molecule has 0 radical (unpaired) electrons. The number of carbonyl (C=O) groups excluding carboxylic acids is 2. The van der Waals surface area contributed by atoms with Gasteiger partial charge in [0.1, 0.15) is 11.5 Å². The van der Waals surface area contributed by atoms with Crippen molar-refractivity contribution in [1.82, 2.24) is 0 Å². The topological polar surface area (TPSA) is 52.6 Å². The van der Waals surface area contributed by atoms with Crippen molar-refractivity contribution in [2.45, 2.75) is 20.0 Å². The van der Waals surface area contributed by atoms with Gasteiger partial charge >= 0.3 is 5.97 Å². The van der Waals surface area contributed by atoms with Crippen LogP contribution in [0.4, 0.5) is 0 Å². The zero-order valence-electron chi connectivity index (χ0n) is 11.9. The Bertz CT molecular complexity index is 617. The van der Waals surface area contributed by atoms with Crippen LogP contribution in [0.5, 0.6) is 11.5 Å². The lowest BCUT2D eigenvalue weighted by molar-refractivity contribution is -0.122. The molecular weight excluding hydrogens is 268 g/mol. The highest BCUT2D eigenvalue weighted by molar-refractivity contribution is 5.90. The smallest absolute Gasteiger partial charge is 0.343 e. The van der Waals surface area contributed by atoms with Crippen LogP contribution in [0.1, 0.15) is 24.2 Å². The first-order valence-corrected chi connectivity index (χ1v) is 6.60. The van der Waals surface area contributed by atoms with Gasteiger partial charge < -0.3 is 9.47 Å². The molecule has 0 fully saturated rings. The third kappa shape index (κ3) is 4.18. The average molecular weight is 284 g/mol. The van der Waals surface area contributed by atoms with Gasteiger partial charge in [0.05, 0.1) is 5.56 Å². The highest BCUT2D eigenvalue weighted by Crippen LogP contribution is 2.19. The zero-order chi connectivity index (χ0) is 15.2. The summed E-state index contributed by atoms with van der Waals surface area (Å²) < 4.78 is 10.7. The molecule has 1 unspecified atom stereocenters. The zero-order valence-corrected chi connectivity index (χ0v) is 11.9. The molecule has 4 nitrogen and oxygen atoms in total. The fraction of sp³-hybridized carbons (Fsp3) is 0.176. The Hall–Kier alpha value is -2.62. The van der Waals surface area contributed by atoms with Crippen LogP contribution >= 0.6 is 0 Å². The molecule has 2 rings (SSSR count). The van der Waals surface area contributed by atoms with Crippen molar-refractivity contribution in [2.24, 2.45) is 0 Å². The molecule has 0 saturated carbocycles. The number of rotatable bonds is 5. The molecule has 21 heavy (non-hydrogen) atoms. The van der Waals surface area contributed by atoms with E-state index in [-0.39, 0.29) is 5.78 Å². The number of esters is 1. The van der Waals surface area contributed by atoms with Crippen molar-refractivity contribution in [3.63, 3.8) is 0 Å². The van der Waals surface area contributed by atoms with E-state index in [1.165, 1.54) is 6.92 Å². The first kappa shape index (κ1) is 14.8. The van der Waals surface area contributed by atoms with Crippen LogP contribution in [0.3, 0.4) is 0 Å². The minimum Gasteiger partial charge on any atom is -0.483 e. The predicted molar refractivity (Wildman–Crippen MR) is 78.6 cm³/mol. The lowest BCUT2D eigenvalue weighted by Gasteiger charge is -2.11. The first-order chi connectivity index (χ1) is 10.1. The number of hydrogen-bond acceptors (Lipinski definition) is 4. The fourth-order valence-electron chi connectivity index (χ4n) is 1.61. The SMILES string of the molecule is CC(=O)C(C)Oc1ccc(OC(=O)c2ccccc2)cc1. The summed E-state index contributed by atoms with van der Waals surface area (Å²) in [4.78, 5) is 23.0. The molecule has 0 aliphatic carbocycles. The molecule has 2 aromatic carbocycles. The summed E-state index contributed by atoms with van der Waals surface area (Å²) in [6.45, 7) is 3.16. The second kappa shape index (κ2) is 6.70. The summed E-state index contributed by atoms with van der Waals surface area (Å²) in [5.74, 6) is 0.514. The van der Waals surface area contributed by atoms with Crippen LogP contribution < -0.4 is 9.47 Å². The largest absolute Gasteiger partial charge is 0.483 e. The first-order valence-electron chi connectivity index (χ1n) is 6.60. The number of ketones is 1. The van der Waals surface area contributed by atoms with Gasteiger partial charge in [0.25, 0.3) is 0 Å². The Labute approximate surface area is 123 Å². The third-order valence-electron chi connectivity index (χ3n) is 2.93. The summed E-state index contributed by atoms with van der Waals surface area (Å²) in [7, 11) is 0. The second-order valence-electron chi connectivity index (χ2n) is 4.60. The van der Waals surface area contributed by atoms with Crippen molar-refractivity contribution in [3.8, 4) is 11.5 Å². The standard InChI is InChI=1S/C17H16O4/c1-12(18)13(2)20-15-8-10-16(11-9-15)21-17(19)14-6-4-3-5-7-14/h3-11,13H,1-2H3. The van der Waals surface area contributed by atoms with Gasteiger partial charge in [-0.1, -0.05) is 18.2 Å². The van der Waals surface area contributed by atoms with Crippen LogP contribution in [0.2, 0.25) is 0 Å². The van der Waals surface area contributed by atoms with Crippen molar-refractivity contribution < 1.29 is 19.1 Å². The van der Waals surface area contributed by atoms with E-state index >= 15 is 0 Å². The Morgan fingerprint density at radius 2 is 1.48 bits per heavy atom. The van der Waals surface area contributed by atoms with E-state index in [0.717, 1.165) is 0 Å². The Morgan fingerprint density at radius 3 is 2.05 bits per heavy atom. The van der Waals surface area contributed by atoms with Crippen molar-refractivity contribution in [2.75, 3.05) is 0 Å². The maximum absolute atomic E-state index is 11.9. The monoisotopic (exact) mass is 284 g/mol. The van der Waals surface area contributed by atoms with E-state index in [9.17, 15) is 9.59 Å². The Morgan fingerprint density at radius 1 is 0.905 bits per heavy atom. The minimum absolute atomic E-state index is 0.0467. The number of ether oxygens (including phenoxy) is 2. The maximum Gasteiger partial charge on any atom is 0.343 e. The van der Waals surface area contributed by atoms with E-state index in [2.05, 4.69) is 0 Å². The molecule has 0 heterocycles. The molecule has 0 saturated heterocycles. The molecule has 0 amide bonds. The Balaban J connectivity index is 2.00. The summed E-state index contributed by atoms with van der Waals surface area (Å²) >= 11 is 0. The third-order valence-corrected chi connectivity index (χ3v) is 2.93. The molecule has 0 aliphatic heterocycles. The molecule has 0 aliphatic rings. The van der Waals surface area contributed by atoms with Crippen LogP contribution in [0.15, 0.2) is 54.6 Å². The second-order valence-corrected chi connectivity index (χ2v) is 4.60. The van der Waals surface area contributed by atoms with Crippen LogP contribution in [0, 0.1) is 0 Å². The molecule has 0 spiro atoms. The Kier molecular flexibility index (Phi) is 4.72. The number of benzene rings is 2. The van der Waals surface area contributed by atoms with Gasteiger partial charge in [-0.15, -0.1) is 0 Å². The van der Waals surface area contributed by atoms with Gasteiger partial charge in [-0.3, -0.25) is 4.79 Å². The van der Waals surface area contributed by atoms with Crippen LogP contribution in [-0.4, -0.2) is 17.9 Å². The molecule has 4 heteroatoms. The van der Waals surface area contributed by atoms with Gasteiger partial charge in [-0.2, -0.15) is 0 Å². The number of carbonyl (C=O) groups is 2. The van der Waals surface area contributed by atoms with Gasteiger partial charge in [0.2, 0.25) is 0 Å². The molecule has 0 N–H and O–H groups in total. The van der Waals surface area contributed by atoms with E-state index in [1.807, 2.05) is 6.07 Å². The maximum atomic E-state index is 11.9. The van der Waals surface area contributed by atoms with Crippen molar-refractivity contribution >= 4 is 11.8 Å². The van der Waals surface area contributed by atoms with Gasteiger partial charge in [0, 0.05) is 0 Å². The molecule has 2 aromatic rings. The summed E-state index contributed by atoms with van der Waals surface area (Å²) in [5.41, 5.74) is 0.489. The van der Waals surface area contributed by atoms with Gasteiger partial charge in [-0.05, 0) is 50.2 Å². The van der Waals surface area contributed by atoms with E-state index in [0.29, 0.717) is 17.1 Å². The molecule has 1 atom stereocenters. The van der Waals surface area contributed by atoms with E-state index in [4.69, 9.17) is 9.47 Å². The highest BCUT2D eigenvalue weighted by atomic mass is 16.5. The minimum atomic E-state index is -0.497. The predicted octanol–water partition coefficient (Wildman–Crippen LogP) is 3.26. The van der Waals surface area contributed by atoms with Crippen molar-refractivity contribution in [3.05, 3.63) is 60.2 Å². The van der Waals surface area contributed by atoms with E-state index in [1.54, 1.807) is 55.5 Å². The van der Waals surface area contributed by atoms with Gasteiger partial charge in [0.15, 0.2) is 11.9 Å². The highest BCUT2D eigenvalue weighted by Gasteiger charge is 2.10. The lowest BCUT2D eigenvalue weighted by atomic mass is 10.2. The van der Waals surface area contributed by atoms with Gasteiger partial charge in [-0.25, -0.2) is 4.79 Å². The lowest BCUT2D eigenvalue weighted by Crippen LogP contribution is -2.20. The quantitative estimate of drug-likeness (QED) is 0.624. The van der Waals surface area contributed by atoms with E-state index < -0.39 is 12.1 Å².